The van der Waals surface area contributed by atoms with Crippen molar-refractivity contribution in [3.05, 3.63) is 56.4 Å². The predicted molar refractivity (Wildman–Crippen MR) is 110 cm³/mol. The first-order valence-corrected chi connectivity index (χ1v) is 9.57. The highest BCUT2D eigenvalue weighted by molar-refractivity contribution is 9.10. The molecule has 0 saturated carbocycles. The average molecular weight is 477 g/mol. The highest BCUT2D eigenvalue weighted by Gasteiger charge is 2.25. The minimum atomic E-state index is -1.26. The minimum Gasteiger partial charge on any atom is -0.508 e. The van der Waals surface area contributed by atoms with Gasteiger partial charge >= 0.3 is 5.97 Å². The molecule has 1 aromatic carbocycles. The van der Waals surface area contributed by atoms with Crippen molar-refractivity contribution in [3.8, 4) is 11.5 Å². The second-order valence-corrected chi connectivity index (χ2v) is 7.67. The number of benzene rings is 1. The summed E-state index contributed by atoms with van der Waals surface area (Å²) < 4.78 is 0.300. The van der Waals surface area contributed by atoms with Gasteiger partial charge in [0, 0.05) is 11.6 Å². The maximum atomic E-state index is 12.8. The lowest BCUT2D eigenvalue weighted by Gasteiger charge is -2.01. The highest BCUT2D eigenvalue weighted by Crippen LogP contribution is 2.39. The lowest BCUT2D eigenvalue weighted by Crippen LogP contribution is -2.03. The van der Waals surface area contributed by atoms with Crippen molar-refractivity contribution >= 4 is 55.7 Å². The highest BCUT2D eigenvalue weighted by atomic mass is 79.9. The lowest BCUT2D eigenvalue weighted by atomic mass is 10.0. The van der Waals surface area contributed by atoms with Crippen LogP contribution in [-0.4, -0.2) is 32.1 Å². The smallest absolute Gasteiger partial charge is 0.339 e. The molecular formula is C18H13BrN4O5S. The van der Waals surface area contributed by atoms with Gasteiger partial charge in [0.15, 0.2) is 22.4 Å². The van der Waals surface area contributed by atoms with Gasteiger partial charge < -0.3 is 21.1 Å². The number of carboxylic acid groups (broad SMARTS) is 1. The summed E-state index contributed by atoms with van der Waals surface area (Å²) in [4.78, 5) is 28.5. The van der Waals surface area contributed by atoms with Gasteiger partial charge in [0.25, 0.3) is 0 Å². The Kier molecular flexibility index (Phi) is 5.62. The van der Waals surface area contributed by atoms with Crippen LogP contribution in [0, 0.1) is 6.92 Å². The van der Waals surface area contributed by atoms with Crippen LogP contribution >= 0.6 is 27.3 Å². The van der Waals surface area contributed by atoms with Gasteiger partial charge in [-0.05, 0) is 40.5 Å². The standard InChI is InChI=1S/C18H13BrN4O5S/c1-7-12(18(27)28)17(23-22-16-10(19)6-11(25)15(20)21-16)29-14(7)13(26)8-3-2-4-9(24)5-8/h2-6,24-25H,1H3,(H2,20,21)(H,27,28). The van der Waals surface area contributed by atoms with Crippen LogP contribution in [0.25, 0.3) is 0 Å². The van der Waals surface area contributed by atoms with Gasteiger partial charge in [0.1, 0.15) is 11.3 Å². The monoisotopic (exact) mass is 476 g/mol. The van der Waals surface area contributed by atoms with E-state index in [0.29, 0.717) is 4.47 Å². The fraction of sp³-hybridized carbons (Fsp3) is 0.0556. The Hall–Kier alpha value is -3.31. The molecule has 0 saturated heterocycles. The number of rotatable bonds is 5. The number of halogens is 1. The molecule has 0 fully saturated rings. The third-order valence-corrected chi connectivity index (χ3v) is 5.62. The molecule has 0 spiro atoms. The van der Waals surface area contributed by atoms with Crippen LogP contribution in [0.3, 0.4) is 0 Å². The molecule has 5 N–H and O–H groups in total. The van der Waals surface area contributed by atoms with E-state index in [-0.39, 0.29) is 49.7 Å². The Morgan fingerprint density at radius 2 is 1.93 bits per heavy atom. The Bertz CT molecular complexity index is 1180. The number of aromatic nitrogens is 1. The number of aromatic hydroxyl groups is 2. The van der Waals surface area contributed by atoms with E-state index in [1.165, 1.54) is 37.3 Å². The number of pyridine rings is 1. The Morgan fingerprint density at radius 3 is 2.59 bits per heavy atom. The third kappa shape index (κ3) is 4.10. The fourth-order valence-corrected chi connectivity index (χ4v) is 3.93. The second kappa shape index (κ2) is 7.97. The summed E-state index contributed by atoms with van der Waals surface area (Å²) in [5.74, 6) is -2.16. The van der Waals surface area contributed by atoms with E-state index in [0.717, 1.165) is 11.3 Å². The molecule has 0 atom stereocenters. The second-order valence-electron chi connectivity index (χ2n) is 5.82. The quantitative estimate of drug-likeness (QED) is 0.310. The van der Waals surface area contributed by atoms with Gasteiger partial charge in [-0.25, -0.2) is 9.78 Å². The van der Waals surface area contributed by atoms with Crippen LogP contribution in [0.2, 0.25) is 0 Å². The van der Waals surface area contributed by atoms with E-state index in [1.54, 1.807) is 0 Å². The molecule has 0 aliphatic rings. The van der Waals surface area contributed by atoms with E-state index >= 15 is 0 Å². The maximum Gasteiger partial charge on any atom is 0.339 e. The number of nitrogens with two attached hydrogens (primary N) is 1. The number of phenols is 1. The van der Waals surface area contributed by atoms with Gasteiger partial charge in [-0.1, -0.05) is 12.1 Å². The Labute approximate surface area is 176 Å². The molecule has 0 amide bonds. The molecule has 0 unspecified atom stereocenters. The summed E-state index contributed by atoms with van der Waals surface area (Å²) in [5, 5.41) is 36.5. The number of azo groups is 1. The van der Waals surface area contributed by atoms with Crippen molar-refractivity contribution in [1.29, 1.82) is 0 Å². The topological polar surface area (TPSA) is 158 Å². The number of nitrogen functional groups attached to an aromatic ring is 1. The third-order valence-electron chi connectivity index (χ3n) is 3.86. The SMILES string of the molecule is Cc1c(C(=O)c2cccc(O)c2)sc(N=Nc2nc(N)c(O)cc2Br)c1C(=O)O. The summed E-state index contributed by atoms with van der Waals surface area (Å²) in [6, 6.07) is 7.04. The Morgan fingerprint density at radius 1 is 1.21 bits per heavy atom. The van der Waals surface area contributed by atoms with Gasteiger partial charge in [-0.3, -0.25) is 4.79 Å². The number of ketones is 1. The number of thiophene rings is 1. The molecule has 2 aromatic heterocycles. The van der Waals surface area contributed by atoms with Crippen LogP contribution in [0.5, 0.6) is 11.5 Å². The van der Waals surface area contributed by atoms with Crippen LogP contribution in [0.1, 0.15) is 31.2 Å². The number of nitrogens with zero attached hydrogens (tertiary/aromatic N) is 3. The number of aromatic carboxylic acids is 1. The number of carbonyl (C=O) groups excluding carboxylic acids is 1. The maximum absolute atomic E-state index is 12.8. The number of carbonyl (C=O) groups is 2. The van der Waals surface area contributed by atoms with E-state index in [1.807, 2.05) is 0 Å². The van der Waals surface area contributed by atoms with E-state index < -0.39 is 11.8 Å². The van der Waals surface area contributed by atoms with Gasteiger partial charge in [0.2, 0.25) is 5.78 Å². The number of carboxylic acids is 1. The number of anilines is 1. The van der Waals surface area contributed by atoms with Crippen molar-refractivity contribution in [2.45, 2.75) is 6.92 Å². The number of phenolic OH excluding ortho intramolecular Hbond substituents is 1. The van der Waals surface area contributed by atoms with Gasteiger partial charge in [-0.2, -0.15) is 0 Å². The first kappa shape index (κ1) is 20.4. The van der Waals surface area contributed by atoms with Crippen LogP contribution in [-0.2, 0) is 0 Å². The van der Waals surface area contributed by atoms with E-state index in [9.17, 15) is 24.9 Å². The van der Waals surface area contributed by atoms with Gasteiger partial charge in [0.05, 0.1) is 9.35 Å². The lowest BCUT2D eigenvalue weighted by molar-refractivity contribution is 0.0697. The largest absolute Gasteiger partial charge is 0.508 e. The molecule has 0 aliphatic heterocycles. The van der Waals surface area contributed by atoms with E-state index in [4.69, 9.17) is 5.73 Å². The normalized spacial score (nSPS) is 11.1. The first-order chi connectivity index (χ1) is 13.7. The van der Waals surface area contributed by atoms with Crippen molar-refractivity contribution in [3.63, 3.8) is 0 Å². The molecule has 0 bridgehead atoms. The zero-order chi connectivity index (χ0) is 21.3. The fourth-order valence-electron chi connectivity index (χ4n) is 2.46. The molecule has 3 rings (SSSR count). The summed E-state index contributed by atoms with van der Waals surface area (Å²) >= 11 is 4.02. The molecule has 11 heteroatoms. The van der Waals surface area contributed by atoms with E-state index in [2.05, 4.69) is 31.1 Å². The zero-order valence-corrected chi connectivity index (χ0v) is 17.2. The molecule has 9 nitrogen and oxygen atoms in total. The molecule has 3 aromatic rings. The molecule has 148 valence electrons. The minimum absolute atomic E-state index is 0.00107. The van der Waals surface area contributed by atoms with Crippen molar-refractivity contribution < 1.29 is 24.9 Å². The molecule has 29 heavy (non-hydrogen) atoms. The van der Waals surface area contributed by atoms with Crippen LogP contribution < -0.4 is 5.73 Å². The number of hydrogen-bond acceptors (Lipinski definition) is 9. The molecule has 0 aliphatic carbocycles. The van der Waals surface area contributed by atoms with Crippen LogP contribution in [0.15, 0.2) is 45.0 Å². The predicted octanol–water partition coefficient (Wildman–Crippen LogP) is 4.55. The van der Waals surface area contributed by atoms with Crippen molar-refractivity contribution in [1.82, 2.24) is 4.98 Å². The summed E-state index contributed by atoms with van der Waals surface area (Å²) in [5.41, 5.74) is 5.83. The first-order valence-electron chi connectivity index (χ1n) is 7.96. The molecular weight excluding hydrogens is 464 g/mol. The Balaban J connectivity index is 2.06. The molecule has 0 radical (unpaired) electrons. The zero-order valence-electron chi connectivity index (χ0n) is 14.8. The summed E-state index contributed by atoms with van der Waals surface area (Å²) in [6.45, 7) is 1.50. The van der Waals surface area contributed by atoms with Gasteiger partial charge in [-0.15, -0.1) is 21.6 Å². The summed E-state index contributed by atoms with van der Waals surface area (Å²) in [6.07, 6.45) is 0. The van der Waals surface area contributed by atoms with Crippen molar-refractivity contribution in [2.75, 3.05) is 5.73 Å². The molecule has 2 heterocycles. The number of hydrogen-bond donors (Lipinski definition) is 4. The summed E-state index contributed by atoms with van der Waals surface area (Å²) in [7, 11) is 0. The van der Waals surface area contributed by atoms with Crippen LogP contribution in [0.4, 0.5) is 16.6 Å². The average Bonchev–Trinajstić information content (AvgIpc) is 2.99. The van der Waals surface area contributed by atoms with Crippen molar-refractivity contribution in [2.24, 2.45) is 10.2 Å².